The zero-order valence-electron chi connectivity index (χ0n) is 7.50. The van der Waals surface area contributed by atoms with Gasteiger partial charge in [-0.05, 0) is 24.3 Å². The first-order valence-electron chi connectivity index (χ1n) is 4.16. The summed E-state index contributed by atoms with van der Waals surface area (Å²) in [4.78, 5) is 10.4. The molecule has 3 nitrogen and oxygen atoms in total. The fourth-order valence-corrected chi connectivity index (χ4v) is 1.20. The van der Waals surface area contributed by atoms with Crippen LogP contribution < -0.4 is 0 Å². The zero-order valence-corrected chi connectivity index (χ0v) is 7.50. The van der Waals surface area contributed by atoms with Crippen LogP contribution in [0.5, 0.6) is 0 Å². The molecule has 0 aliphatic rings. The van der Waals surface area contributed by atoms with Crippen LogP contribution in [0.15, 0.2) is 24.3 Å². The van der Waals surface area contributed by atoms with Crippen LogP contribution in [-0.2, 0) is 0 Å². The van der Waals surface area contributed by atoms with Gasteiger partial charge in [0.05, 0.1) is 11.4 Å². The molecule has 0 aliphatic carbocycles. The Hall–Kier alpha value is -2.04. The molecule has 0 fully saturated rings. The number of aldehydes is 1. The summed E-state index contributed by atoms with van der Waals surface area (Å²) in [5, 5.41) is 6.24. The fraction of sp³-hybridized carbons (Fsp3) is 0. The van der Waals surface area contributed by atoms with E-state index in [1.807, 2.05) is 0 Å². The molecule has 0 atom stereocenters. The summed E-state index contributed by atoms with van der Waals surface area (Å²) in [6.07, 6.45) is 0.594. The Morgan fingerprint density at radius 2 is 2.00 bits per heavy atom. The molecule has 1 aromatic carbocycles. The van der Waals surface area contributed by atoms with Gasteiger partial charge in [-0.15, -0.1) is 0 Å². The average Bonchev–Trinajstić information content (AvgIpc) is 2.70. The minimum Gasteiger partial charge on any atom is -0.296 e. The van der Waals surface area contributed by atoms with E-state index in [9.17, 15) is 13.6 Å². The number of carbonyl (C=O) groups excluding carboxylic acids is 1. The van der Waals surface area contributed by atoms with Gasteiger partial charge in [-0.2, -0.15) is 5.10 Å². The zero-order chi connectivity index (χ0) is 10.8. The number of hydrogen-bond donors (Lipinski definition) is 1. The summed E-state index contributed by atoms with van der Waals surface area (Å²) >= 11 is 0. The molecule has 1 N–H and O–H groups in total. The number of nitrogens with zero attached hydrogens (tertiary/aromatic N) is 1. The molecule has 2 aromatic rings. The van der Waals surface area contributed by atoms with Crippen LogP contribution in [0.4, 0.5) is 8.78 Å². The van der Waals surface area contributed by atoms with E-state index in [4.69, 9.17) is 0 Å². The van der Waals surface area contributed by atoms with E-state index in [-0.39, 0.29) is 5.69 Å². The smallest absolute Gasteiger partial charge is 0.167 e. The Labute approximate surface area is 83.7 Å². The Morgan fingerprint density at radius 3 is 2.60 bits per heavy atom. The summed E-state index contributed by atoms with van der Waals surface area (Å²) in [5.74, 6) is -1.85. The van der Waals surface area contributed by atoms with Gasteiger partial charge in [0.1, 0.15) is 0 Å². The molecule has 2 rings (SSSR count). The lowest BCUT2D eigenvalue weighted by Gasteiger charge is -1.96. The number of benzene rings is 1. The minimum absolute atomic E-state index is 0.287. The second-order valence-electron chi connectivity index (χ2n) is 2.96. The molecule has 1 aromatic heterocycles. The molecule has 0 radical (unpaired) electrons. The number of nitrogens with one attached hydrogen (secondary N) is 1. The lowest BCUT2D eigenvalue weighted by Crippen LogP contribution is -1.85. The van der Waals surface area contributed by atoms with Crippen molar-refractivity contribution in [2.45, 2.75) is 0 Å². The van der Waals surface area contributed by atoms with Crippen molar-refractivity contribution in [1.29, 1.82) is 0 Å². The molecule has 0 spiro atoms. The van der Waals surface area contributed by atoms with Gasteiger partial charge < -0.3 is 0 Å². The molecule has 15 heavy (non-hydrogen) atoms. The van der Waals surface area contributed by atoms with Crippen molar-refractivity contribution in [3.05, 3.63) is 41.6 Å². The molecule has 0 amide bonds. The van der Waals surface area contributed by atoms with Crippen molar-refractivity contribution in [3.8, 4) is 11.3 Å². The van der Waals surface area contributed by atoms with Crippen molar-refractivity contribution < 1.29 is 13.6 Å². The quantitative estimate of drug-likeness (QED) is 0.768. The first-order valence-corrected chi connectivity index (χ1v) is 4.16. The molecule has 0 bridgehead atoms. The average molecular weight is 208 g/mol. The summed E-state index contributed by atoms with van der Waals surface area (Å²) in [6, 6.07) is 4.89. The van der Waals surface area contributed by atoms with Gasteiger partial charge in [-0.3, -0.25) is 9.89 Å². The van der Waals surface area contributed by atoms with Crippen LogP contribution in [-0.4, -0.2) is 16.5 Å². The predicted molar refractivity (Wildman–Crippen MR) is 49.3 cm³/mol. The van der Waals surface area contributed by atoms with Gasteiger partial charge in [0.25, 0.3) is 0 Å². The van der Waals surface area contributed by atoms with Crippen molar-refractivity contribution in [1.82, 2.24) is 10.2 Å². The van der Waals surface area contributed by atoms with E-state index in [0.717, 1.165) is 12.1 Å². The summed E-state index contributed by atoms with van der Waals surface area (Å²) in [7, 11) is 0. The van der Waals surface area contributed by atoms with Gasteiger partial charge >= 0.3 is 0 Å². The number of aromatic nitrogens is 2. The number of aromatic amines is 1. The van der Waals surface area contributed by atoms with Gasteiger partial charge in [0.15, 0.2) is 17.9 Å². The van der Waals surface area contributed by atoms with Crippen LogP contribution >= 0.6 is 0 Å². The van der Waals surface area contributed by atoms with Gasteiger partial charge in [-0.1, -0.05) is 0 Å². The molecular formula is C10H6F2N2O. The van der Waals surface area contributed by atoms with Gasteiger partial charge in [0.2, 0.25) is 0 Å². The lowest BCUT2D eigenvalue weighted by atomic mass is 10.1. The van der Waals surface area contributed by atoms with Crippen molar-refractivity contribution >= 4 is 6.29 Å². The second kappa shape index (κ2) is 3.61. The third-order valence-corrected chi connectivity index (χ3v) is 1.94. The fourth-order valence-electron chi connectivity index (χ4n) is 1.20. The highest BCUT2D eigenvalue weighted by Crippen LogP contribution is 2.19. The van der Waals surface area contributed by atoms with Crippen LogP contribution in [0.25, 0.3) is 11.3 Å². The highest BCUT2D eigenvalue weighted by molar-refractivity contribution is 5.75. The number of halogens is 2. The molecule has 5 heteroatoms. The molecule has 1 heterocycles. The Kier molecular flexibility index (Phi) is 2.29. The van der Waals surface area contributed by atoms with E-state index < -0.39 is 11.6 Å². The number of rotatable bonds is 2. The molecule has 76 valence electrons. The largest absolute Gasteiger partial charge is 0.296 e. The van der Waals surface area contributed by atoms with Crippen LogP contribution in [0.2, 0.25) is 0 Å². The van der Waals surface area contributed by atoms with Gasteiger partial charge in [0, 0.05) is 5.56 Å². The van der Waals surface area contributed by atoms with E-state index in [0.29, 0.717) is 17.5 Å². The Morgan fingerprint density at radius 1 is 1.20 bits per heavy atom. The molecule has 0 aliphatic heterocycles. The Balaban J connectivity index is 2.44. The van der Waals surface area contributed by atoms with Crippen molar-refractivity contribution in [2.75, 3.05) is 0 Å². The van der Waals surface area contributed by atoms with Crippen LogP contribution in [0.3, 0.4) is 0 Å². The van der Waals surface area contributed by atoms with Gasteiger partial charge in [-0.25, -0.2) is 8.78 Å². The molecule has 0 saturated heterocycles. The number of carbonyl (C=O) groups is 1. The second-order valence-corrected chi connectivity index (χ2v) is 2.96. The normalized spacial score (nSPS) is 10.3. The van der Waals surface area contributed by atoms with Crippen LogP contribution in [0, 0.1) is 11.6 Å². The van der Waals surface area contributed by atoms with E-state index in [2.05, 4.69) is 10.2 Å². The maximum absolute atomic E-state index is 12.9. The highest BCUT2D eigenvalue weighted by atomic mass is 19.2. The van der Waals surface area contributed by atoms with Crippen LogP contribution in [0.1, 0.15) is 10.5 Å². The van der Waals surface area contributed by atoms with Crippen molar-refractivity contribution in [3.63, 3.8) is 0 Å². The third kappa shape index (κ3) is 1.76. The number of H-pyrrole nitrogens is 1. The SMILES string of the molecule is O=Cc1cc(-c2ccc(F)c(F)c2)n[nH]1. The van der Waals surface area contributed by atoms with Crippen molar-refractivity contribution in [2.24, 2.45) is 0 Å². The summed E-state index contributed by atoms with van der Waals surface area (Å²) < 4.78 is 25.5. The maximum Gasteiger partial charge on any atom is 0.167 e. The molecular weight excluding hydrogens is 202 g/mol. The minimum atomic E-state index is -0.942. The van der Waals surface area contributed by atoms with E-state index >= 15 is 0 Å². The topological polar surface area (TPSA) is 45.8 Å². The maximum atomic E-state index is 12.9. The van der Waals surface area contributed by atoms with E-state index in [1.54, 1.807) is 0 Å². The summed E-state index contributed by atoms with van der Waals surface area (Å²) in [6.45, 7) is 0. The Bertz CT molecular complexity index is 508. The van der Waals surface area contributed by atoms with E-state index in [1.165, 1.54) is 12.1 Å². The third-order valence-electron chi connectivity index (χ3n) is 1.94. The monoisotopic (exact) mass is 208 g/mol. The molecule has 0 unspecified atom stereocenters. The molecule has 0 saturated carbocycles. The summed E-state index contributed by atoms with van der Waals surface area (Å²) in [5.41, 5.74) is 1.10. The lowest BCUT2D eigenvalue weighted by molar-refractivity contribution is 0.111. The predicted octanol–water partition coefficient (Wildman–Crippen LogP) is 2.17. The highest BCUT2D eigenvalue weighted by Gasteiger charge is 2.07. The standard InChI is InChI=1S/C10H6F2N2O/c11-8-2-1-6(3-9(8)12)10-4-7(5-15)13-14-10/h1-5H,(H,13,14). The first-order chi connectivity index (χ1) is 7.20. The first kappa shape index (κ1) is 9.51. The number of hydrogen-bond acceptors (Lipinski definition) is 2.